The van der Waals surface area contributed by atoms with Gasteiger partial charge in [-0.2, -0.15) is 0 Å². The fourth-order valence-electron chi connectivity index (χ4n) is 3.49. The fraction of sp³-hybridized carbons (Fsp3) is 0.562. The third-order valence-corrected chi connectivity index (χ3v) is 5.05. The molecule has 1 heterocycles. The Kier molecular flexibility index (Phi) is 3.51. The van der Waals surface area contributed by atoms with Crippen molar-refractivity contribution in [3.63, 3.8) is 0 Å². The fourth-order valence-corrected chi connectivity index (χ4v) is 3.66. The van der Waals surface area contributed by atoms with Crippen LogP contribution in [-0.4, -0.2) is 15.6 Å². The number of hydrogen-bond donors (Lipinski definition) is 1. The highest BCUT2D eigenvalue weighted by Gasteiger charge is 2.39. The minimum atomic E-state index is -0.0280. The average Bonchev–Trinajstić information content (AvgIpc) is 2.80. The van der Waals surface area contributed by atoms with Gasteiger partial charge in [-0.1, -0.05) is 31.4 Å². The second-order valence-corrected chi connectivity index (χ2v) is 6.52. The van der Waals surface area contributed by atoms with Gasteiger partial charge in [0.25, 0.3) is 0 Å². The van der Waals surface area contributed by atoms with Gasteiger partial charge in [0.05, 0.1) is 11.0 Å². The van der Waals surface area contributed by atoms with Gasteiger partial charge >= 0.3 is 0 Å². The van der Waals surface area contributed by atoms with Gasteiger partial charge in [0.1, 0.15) is 5.82 Å². The molecule has 1 saturated carbocycles. The van der Waals surface area contributed by atoms with Gasteiger partial charge < -0.3 is 10.3 Å². The molecule has 1 aliphatic rings. The molecular formula is C16H22ClN3. The van der Waals surface area contributed by atoms with Crippen LogP contribution >= 0.6 is 11.6 Å². The Morgan fingerprint density at radius 3 is 2.95 bits per heavy atom. The van der Waals surface area contributed by atoms with Crippen LogP contribution < -0.4 is 5.73 Å². The highest BCUT2D eigenvalue weighted by molar-refractivity contribution is 6.31. The standard InChI is InChI=1S/C16H22ClN3/c1-3-20-13-10-11(17)7-8-12(13)19-15(20)16(2)9-5-4-6-14(16)18/h7-8,10,14H,3-6,9,18H2,1-2H3. The summed E-state index contributed by atoms with van der Waals surface area (Å²) in [7, 11) is 0. The van der Waals surface area contributed by atoms with Crippen LogP contribution in [0.3, 0.4) is 0 Å². The van der Waals surface area contributed by atoms with Crippen molar-refractivity contribution in [1.82, 2.24) is 9.55 Å². The molecule has 2 unspecified atom stereocenters. The molecule has 1 aromatic heterocycles. The van der Waals surface area contributed by atoms with Crippen LogP contribution in [0.25, 0.3) is 11.0 Å². The maximum Gasteiger partial charge on any atom is 0.117 e. The maximum absolute atomic E-state index is 6.44. The Labute approximate surface area is 125 Å². The molecule has 20 heavy (non-hydrogen) atoms. The number of rotatable bonds is 2. The van der Waals surface area contributed by atoms with Crippen LogP contribution in [-0.2, 0) is 12.0 Å². The molecule has 2 N–H and O–H groups in total. The van der Waals surface area contributed by atoms with Gasteiger partial charge in [0, 0.05) is 23.0 Å². The molecule has 0 bridgehead atoms. The lowest BCUT2D eigenvalue weighted by Gasteiger charge is -2.39. The zero-order valence-electron chi connectivity index (χ0n) is 12.2. The van der Waals surface area contributed by atoms with Gasteiger partial charge in [0.15, 0.2) is 0 Å². The van der Waals surface area contributed by atoms with E-state index in [0.717, 1.165) is 41.3 Å². The van der Waals surface area contributed by atoms with Gasteiger partial charge in [-0.15, -0.1) is 0 Å². The van der Waals surface area contributed by atoms with Crippen molar-refractivity contribution in [2.45, 2.75) is 57.5 Å². The van der Waals surface area contributed by atoms with Crippen molar-refractivity contribution >= 4 is 22.6 Å². The Balaban J connectivity index is 2.20. The highest BCUT2D eigenvalue weighted by atomic mass is 35.5. The zero-order chi connectivity index (χ0) is 14.3. The van der Waals surface area contributed by atoms with Gasteiger partial charge in [-0.05, 0) is 38.0 Å². The summed E-state index contributed by atoms with van der Waals surface area (Å²) < 4.78 is 2.28. The number of nitrogens with two attached hydrogens (primary N) is 1. The van der Waals surface area contributed by atoms with Gasteiger partial charge in [-0.3, -0.25) is 0 Å². The van der Waals surface area contributed by atoms with Crippen LogP contribution in [0, 0.1) is 0 Å². The molecule has 3 nitrogen and oxygen atoms in total. The summed E-state index contributed by atoms with van der Waals surface area (Å²) in [5.74, 6) is 1.13. The summed E-state index contributed by atoms with van der Waals surface area (Å²) in [6, 6.07) is 6.11. The van der Waals surface area contributed by atoms with Crippen molar-refractivity contribution in [3.8, 4) is 0 Å². The first kappa shape index (κ1) is 13.9. The summed E-state index contributed by atoms with van der Waals surface area (Å²) in [5.41, 5.74) is 8.55. The minimum absolute atomic E-state index is 0.0280. The first-order valence-electron chi connectivity index (χ1n) is 7.48. The Morgan fingerprint density at radius 1 is 1.45 bits per heavy atom. The molecular weight excluding hydrogens is 270 g/mol. The van der Waals surface area contributed by atoms with E-state index in [1.54, 1.807) is 0 Å². The number of nitrogens with zero attached hydrogens (tertiary/aromatic N) is 2. The van der Waals surface area contributed by atoms with E-state index < -0.39 is 0 Å². The number of hydrogen-bond acceptors (Lipinski definition) is 2. The number of benzene rings is 1. The number of aryl methyl sites for hydroxylation is 1. The van der Waals surface area contributed by atoms with Crippen LogP contribution in [0.5, 0.6) is 0 Å². The quantitative estimate of drug-likeness (QED) is 0.913. The number of imidazole rings is 1. The van der Waals surface area contributed by atoms with Crippen molar-refractivity contribution in [1.29, 1.82) is 0 Å². The molecule has 2 atom stereocenters. The van der Waals surface area contributed by atoms with Crippen molar-refractivity contribution in [2.75, 3.05) is 0 Å². The van der Waals surface area contributed by atoms with E-state index in [4.69, 9.17) is 22.3 Å². The van der Waals surface area contributed by atoms with Crippen molar-refractivity contribution < 1.29 is 0 Å². The smallest absolute Gasteiger partial charge is 0.117 e. The molecule has 0 spiro atoms. The van der Waals surface area contributed by atoms with Gasteiger partial charge in [0.2, 0.25) is 0 Å². The molecule has 0 radical (unpaired) electrons. The summed E-state index contributed by atoms with van der Waals surface area (Å²) in [5, 5.41) is 0.761. The summed E-state index contributed by atoms with van der Waals surface area (Å²) in [6.07, 6.45) is 4.67. The summed E-state index contributed by atoms with van der Waals surface area (Å²) >= 11 is 6.14. The Morgan fingerprint density at radius 2 is 2.25 bits per heavy atom. The van der Waals surface area contributed by atoms with E-state index in [0.29, 0.717) is 0 Å². The van der Waals surface area contributed by atoms with E-state index in [-0.39, 0.29) is 11.5 Å². The second kappa shape index (κ2) is 5.05. The van der Waals surface area contributed by atoms with Crippen LogP contribution in [0.4, 0.5) is 0 Å². The maximum atomic E-state index is 6.44. The predicted octanol–water partition coefficient (Wildman–Crippen LogP) is 3.87. The van der Waals surface area contributed by atoms with E-state index in [1.165, 1.54) is 12.8 Å². The molecule has 0 amide bonds. The van der Waals surface area contributed by atoms with Gasteiger partial charge in [-0.25, -0.2) is 4.98 Å². The molecule has 3 rings (SSSR count). The van der Waals surface area contributed by atoms with Crippen LogP contribution in [0.1, 0.15) is 45.4 Å². The van der Waals surface area contributed by atoms with Crippen molar-refractivity contribution in [2.24, 2.45) is 5.73 Å². The lowest BCUT2D eigenvalue weighted by Crippen LogP contribution is -2.47. The molecule has 1 aliphatic carbocycles. The molecule has 0 aliphatic heterocycles. The summed E-state index contributed by atoms with van der Waals surface area (Å²) in [6.45, 7) is 5.32. The molecule has 0 saturated heterocycles. The minimum Gasteiger partial charge on any atom is -0.328 e. The normalized spacial score (nSPS) is 27.1. The van der Waals surface area contributed by atoms with Crippen LogP contribution in [0.2, 0.25) is 5.02 Å². The number of halogens is 1. The monoisotopic (exact) mass is 291 g/mol. The van der Waals surface area contributed by atoms with E-state index in [2.05, 4.69) is 18.4 Å². The first-order chi connectivity index (χ1) is 9.56. The lowest BCUT2D eigenvalue weighted by atomic mass is 9.71. The van der Waals surface area contributed by atoms with Crippen molar-refractivity contribution in [3.05, 3.63) is 29.0 Å². The largest absolute Gasteiger partial charge is 0.328 e. The Bertz CT molecular complexity index is 634. The molecule has 108 valence electrons. The van der Waals surface area contributed by atoms with E-state index >= 15 is 0 Å². The average molecular weight is 292 g/mol. The molecule has 4 heteroatoms. The Hall–Kier alpha value is -1.06. The molecule has 1 fully saturated rings. The summed E-state index contributed by atoms with van der Waals surface area (Å²) in [4.78, 5) is 4.89. The molecule has 2 aromatic rings. The number of fused-ring (bicyclic) bond motifs is 1. The molecule has 1 aromatic carbocycles. The van der Waals surface area contributed by atoms with Crippen LogP contribution in [0.15, 0.2) is 18.2 Å². The third-order valence-electron chi connectivity index (χ3n) is 4.82. The van der Waals surface area contributed by atoms with E-state index in [1.807, 2.05) is 18.2 Å². The topological polar surface area (TPSA) is 43.8 Å². The van der Waals surface area contributed by atoms with E-state index in [9.17, 15) is 0 Å². The number of aromatic nitrogens is 2. The predicted molar refractivity (Wildman–Crippen MR) is 84.2 cm³/mol. The highest BCUT2D eigenvalue weighted by Crippen LogP contribution is 2.39. The first-order valence-corrected chi connectivity index (χ1v) is 7.86. The second-order valence-electron chi connectivity index (χ2n) is 6.08. The zero-order valence-corrected chi connectivity index (χ0v) is 13.0. The lowest BCUT2D eigenvalue weighted by molar-refractivity contribution is 0.252. The third kappa shape index (κ3) is 2.04. The SMILES string of the molecule is CCn1c(C2(C)CCCCC2N)nc2ccc(Cl)cc21.